The maximum atomic E-state index is 11.2. The first-order valence-corrected chi connectivity index (χ1v) is 6.92. The molecule has 0 fully saturated rings. The van der Waals surface area contributed by atoms with Crippen LogP contribution in [-0.2, 0) is 10.0 Å². The van der Waals surface area contributed by atoms with Crippen LogP contribution in [-0.4, -0.2) is 37.8 Å². The molecule has 86 valence electrons. The van der Waals surface area contributed by atoms with Gasteiger partial charge in [-0.2, -0.15) is 0 Å². The average Bonchev–Trinajstić information content (AvgIpc) is 2.13. The van der Waals surface area contributed by atoms with Gasteiger partial charge in [-0.05, 0) is 12.8 Å². The van der Waals surface area contributed by atoms with Crippen molar-refractivity contribution < 1.29 is 13.5 Å². The molecule has 0 saturated heterocycles. The predicted molar refractivity (Wildman–Crippen MR) is 58.0 cm³/mol. The zero-order valence-corrected chi connectivity index (χ0v) is 9.94. The summed E-state index contributed by atoms with van der Waals surface area (Å²) in [6.07, 6.45) is 1.29. The Morgan fingerprint density at radius 3 is 2.64 bits per heavy atom. The summed E-state index contributed by atoms with van der Waals surface area (Å²) >= 11 is 5.38. The highest BCUT2D eigenvalue weighted by molar-refractivity contribution is 7.89. The van der Waals surface area contributed by atoms with Crippen molar-refractivity contribution in [2.24, 2.45) is 0 Å². The number of halogens is 1. The van der Waals surface area contributed by atoms with Gasteiger partial charge in [0, 0.05) is 12.4 Å². The summed E-state index contributed by atoms with van der Waals surface area (Å²) in [5, 5.41) is 9.28. The fourth-order valence-corrected chi connectivity index (χ4v) is 2.38. The van der Waals surface area contributed by atoms with Crippen molar-refractivity contribution in [3.63, 3.8) is 0 Å². The van der Waals surface area contributed by atoms with E-state index in [1.165, 1.54) is 0 Å². The van der Waals surface area contributed by atoms with Gasteiger partial charge in [-0.3, -0.25) is 0 Å². The van der Waals surface area contributed by atoms with Crippen LogP contribution in [0.25, 0.3) is 0 Å². The Kier molecular flexibility index (Phi) is 7.54. The lowest BCUT2D eigenvalue weighted by molar-refractivity contribution is 0.167. The third kappa shape index (κ3) is 7.55. The second-order valence-corrected chi connectivity index (χ2v) is 5.46. The van der Waals surface area contributed by atoms with Gasteiger partial charge in [0.05, 0.1) is 11.9 Å². The Morgan fingerprint density at radius 1 is 1.50 bits per heavy atom. The Hall–Kier alpha value is 0.160. The lowest BCUT2D eigenvalue weighted by atomic mass is 10.2. The maximum absolute atomic E-state index is 11.2. The van der Waals surface area contributed by atoms with E-state index in [0.29, 0.717) is 18.7 Å². The van der Waals surface area contributed by atoms with Crippen molar-refractivity contribution in [3.05, 3.63) is 0 Å². The zero-order valence-electron chi connectivity index (χ0n) is 8.37. The van der Waals surface area contributed by atoms with Crippen molar-refractivity contribution in [1.29, 1.82) is 0 Å². The highest BCUT2D eigenvalue weighted by atomic mass is 35.5. The number of sulfonamides is 1. The molecule has 0 aliphatic rings. The molecule has 0 aliphatic carbocycles. The standard InChI is InChI=1S/C8H18ClNO3S/c1-2-4-8(11)7-10-14(12,13)6-3-5-9/h8,10-11H,2-7H2,1H3. The van der Waals surface area contributed by atoms with Crippen molar-refractivity contribution in [3.8, 4) is 0 Å². The molecule has 0 rings (SSSR count). The minimum absolute atomic E-state index is 0.0232. The number of rotatable bonds is 8. The lowest BCUT2D eigenvalue weighted by Gasteiger charge is -2.10. The van der Waals surface area contributed by atoms with Crippen molar-refractivity contribution in [2.75, 3.05) is 18.2 Å². The van der Waals surface area contributed by atoms with Gasteiger partial charge in [0.2, 0.25) is 10.0 Å². The molecule has 0 aromatic rings. The van der Waals surface area contributed by atoms with Gasteiger partial charge in [0.15, 0.2) is 0 Å². The van der Waals surface area contributed by atoms with Gasteiger partial charge in [0.1, 0.15) is 0 Å². The minimum Gasteiger partial charge on any atom is -0.392 e. The van der Waals surface area contributed by atoms with E-state index >= 15 is 0 Å². The second-order valence-electron chi connectivity index (χ2n) is 3.15. The zero-order chi connectivity index (χ0) is 11.0. The molecule has 2 N–H and O–H groups in total. The van der Waals surface area contributed by atoms with Crippen LogP contribution < -0.4 is 4.72 Å². The van der Waals surface area contributed by atoms with E-state index in [0.717, 1.165) is 6.42 Å². The minimum atomic E-state index is -3.25. The average molecular weight is 244 g/mol. The van der Waals surface area contributed by atoms with Crippen LogP contribution in [0, 0.1) is 0 Å². The van der Waals surface area contributed by atoms with E-state index in [1.54, 1.807) is 0 Å². The SMILES string of the molecule is CCCC(O)CNS(=O)(=O)CCCCl. The van der Waals surface area contributed by atoms with Gasteiger partial charge in [-0.25, -0.2) is 13.1 Å². The number of aliphatic hydroxyl groups is 1. The fraction of sp³-hybridized carbons (Fsp3) is 1.00. The molecule has 1 atom stereocenters. The topological polar surface area (TPSA) is 66.4 Å². The van der Waals surface area contributed by atoms with Crippen LogP contribution in [0.5, 0.6) is 0 Å². The molecule has 0 heterocycles. The fourth-order valence-electron chi connectivity index (χ4n) is 0.975. The van der Waals surface area contributed by atoms with Crippen LogP contribution in [0.4, 0.5) is 0 Å². The monoisotopic (exact) mass is 243 g/mol. The molecule has 0 bridgehead atoms. The Labute approximate surface area is 90.7 Å². The van der Waals surface area contributed by atoms with Crippen molar-refractivity contribution in [1.82, 2.24) is 4.72 Å². The van der Waals surface area contributed by atoms with Gasteiger partial charge in [0.25, 0.3) is 0 Å². The third-order valence-corrected chi connectivity index (χ3v) is 3.41. The van der Waals surface area contributed by atoms with E-state index in [2.05, 4.69) is 4.72 Å². The van der Waals surface area contributed by atoms with Crippen molar-refractivity contribution in [2.45, 2.75) is 32.3 Å². The predicted octanol–water partition coefficient (Wildman–Crippen LogP) is 0.696. The first kappa shape index (κ1) is 14.2. The van der Waals surface area contributed by atoms with Crippen LogP contribution in [0.2, 0.25) is 0 Å². The Morgan fingerprint density at radius 2 is 2.14 bits per heavy atom. The molecule has 6 heteroatoms. The molecule has 0 saturated carbocycles. The number of alkyl halides is 1. The van der Waals surface area contributed by atoms with E-state index in [9.17, 15) is 13.5 Å². The quantitative estimate of drug-likeness (QED) is 0.617. The third-order valence-electron chi connectivity index (χ3n) is 1.71. The van der Waals surface area contributed by atoms with Gasteiger partial charge < -0.3 is 5.11 Å². The van der Waals surface area contributed by atoms with Gasteiger partial charge >= 0.3 is 0 Å². The van der Waals surface area contributed by atoms with Crippen LogP contribution in [0.15, 0.2) is 0 Å². The van der Waals surface area contributed by atoms with Gasteiger partial charge in [-0.15, -0.1) is 11.6 Å². The van der Waals surface area contributed by atoms with Crippen molar-refractivity contribution >= 4 is 21.6 Å². The molecule has 4 nitrogen and oxygen atoms in total. The largest absolute Gasteiger partial charge is 0.392 e. The molecule has 0 amide bonds. The Bertz CT molecular complexity index is 231. The highest BCUT2D eigenvalue weighted by Gasteiger charge is 2.11. The summed E-state index contributed by atoms with van der Waals surface area (Å²) < 4.78 is 24.8. The molecule has 0 aromatic heterocycles. The first-order chi connectivity index (χ1) is 6.52. The van der Waals surface area contributed by atoms with Crippen LogP contribution in [0.1, 0.15) is 26.2 Å². The molecule has 0 radical (unpaired) electrons. The molecule has 0 aliphatic heterocycles. The highest BCUT2D eigenvalue weighted by Crippen LogP contribution is 1.96. The molecule has 0 aromatic carbocycles. The summed E-state index contributed by atoms with van der Waals surface area (Å²) in [5.74, 6) is 0.355. The molecular weight excluding hydrogens is 226 g/mol. The molecule has 14 heavy (non-hydrogen) atoms. The summed E-state index contributed by atoms with van der Waals surface area (Å²) in [7, 11) is -3.25. The van der Waals surface area contributed by atoms with E-state index in [4.69, 9.17) is 11.6 Å². The summed E-state index contributed by atoms with van der Waals surface area (Å²) in [4.78, 5) is 0. The van der Waals surface area contributed by atoms with Crippen LogP contribution in [0.3, 0.4) is 0 Å². The van der Waals surface area contributed by atoms with Crippen LogP contribution >= 0.6 is 11.6 Å². The van der Waals surface area contributed by atoms with E-state index in [1.807, 2.05) is 6.92 Å². The van der Waals surface area contributed by atoms with E-state index < -0.39 is 16.1 Å². The molecule has 0 spiro atoms. The Balaban J connectivity index is 3.75. The summed E-state index contributed by atoms with van der Waals surface area (Å²) in [5.41, 5.74) is 0. The smallest absolute Gasteiger partial charge is 0.211 e. The molecular formula is C8H18ClNO3S. The summed E-state index contributed by atoms with van der Waals surface area (Å²) in [6.45, 7) is 2.03. The lowest BCUT2D eigenvalue weighted by Crippen LogP contribution is -2.33. The maximum Gasteiger partial charge on any atom is 0.211 e. The van der Waals surface area contributed by atoms with Gasteiger partial charge in [-0.1, -0.05) is 13.3 Å². The molecule has 1 unspecified atom stereocenters. The summed E-state index contributed by atoms with van der Waals surface area (Å²) in [6, 6.07) is 0. The second kappa shape index (κ2) is 7.45. The number of hydrogen-bond donors (Lipinski definition) is 2. The number of hydrogen-bond acceptors (Lipinski definition) is 3. The number of aliphatic hydroxyl groups excluding tert-OH is 1. The normalized spacial score (nSPS) is 14.2. The number of nitrogens with one attached hydrogen (secondary N) is 1. The first-order valence-electron chi connectivity index (χ1n) is 4.73. The van der Waals surface area contributed by atoms with E-state index in [-0.39, 0.29) is 12.3 Å².